The molecule has 0 aliphatic rings. The summed E-state index contributed by atoms with van der Waals surface area (Å²) in [6.07, 6.45) is -4.53. The zero-order valence-corrected chi connectivity index (χ0v) is 13.0. The highest BCUT2D eigenvalue weighted by Crippen LogP contribution is 2.31. The van der Waals surface area contributed by atoms with Gasteiger partial charge in [0.1, 0.15) is 5.60 Å². The molecule has 7 heteroatoms. The van der Waals surface area contributed by atoms with Crippen molar-refractivity contribution in [2.45, 2.75) is 23.6 Å². The maximum Gasteiger partial charge on any atom is 0.416 e. The van der Waals surface area contributed by atoms with Gasteiger partial charge >= 0.3 is 6.18 Å². The number of hydrogen-bond donors (Lipinski definition) is 1. The standard InChI is InChI=1S/C16H15F3O3S/c1-15(20,12-5-3-2-4-6-12)11-23(21,22)14-9-7-13(8-10-14)16(17,18)19/h2-10,20H,11H2,1H3. The fraction of sp³-hybridized carbons (Fsp3) is 0.250. The summed E-state index contributed by atoms with van der Waals surface area (Å²) < 4.78 is 62.2. The molecule has 0 fully saturated rings. The smallest absolute Gasteiger partial charge is 0.384 e. The minimum atomic E-state index is -4.53. The van der Waals surface area contributed by atoms with E-state index in [9.17, 15) is 26.7 Å². The number of alkyl halides is 3. The molecular weight excluding hydrogens is 329 g/mol. The van der Waals surface area contributed by atoms with Crippen LogP contribution in [0, 0.1) is 0 Å². The second kappa shape index (κ2) is 5.98. The van der Waals surface area contributed by atoms with Gasteiger partial charge in [0.15, 0.2) is 9.84 Å². The Morgan fingerprint density at radius 3 is 1.91 bits per heavy atom. The van der Waals surface area contributed by atoms with Gasteiger partial charge in [-0.05, 0) is 36.8 Å². The van der Waals surface area contributed by atoms with Crippen molar-refractivity contribution >= 4 is 9.84 Å². The number of halogens is 3. The van der Waals surface area contributed by atoms with Gasteiger partial charge < -0.3 is 5.11 Å². The zero-order valence-electron chi connectivity index (χ0n) is 12.2. The molecule has 0 saturated heterocycles. The molecule has 1 N–H and O–H groups in total. The first-order chi connectivity index (χ1) is 10.5. The van der Waals surface area contributed by atoms with Crippen molar-refractivity contribution in [2.24, 2.45) is 0 Å². The maximum atomic E-state index is 12.5. The van der Waals surface area contributed by atoms with E-state index in [1.807, 2.05) is 0 Å². The number of rotatable bonds is 4. The van der Waals surface area contributed by atoms with Gasteiger partial charge in [0.2, 0.25) is 0 Å². The fourth-order valence-electron chi connectivity index (χ4n) is 2.19. The van der Waals surface area contributed by atoms with Gasteiger partial charge in [-0.3, -0.25) is 0 Å². The molecule has 0 heterocycles. The number of benzene rings is 2. The number of sulfone groups is 1. The summed E-state index contributed by atoms with van der Waals surface area (Å²) in [4.78, 5) is -0.262. The van der Waals surface area contributed by atoms with Gasteiger partial charge in [-0.25, -0.2) is 8.42 Å². The predicted molar refractivity (Wildman–Crippen MR) is 79.5 cm³/mol. The van der Waals surface area contributed by atoms with Crippen molar-refractivity contribution in [3.63, 3.8) is 0 Å². The van der Waals surface area contributed by atoms with Crippen LogP contribution in [-0.4, -0.2) is 19.3 Å². The van der Waals surface area contributed by atoms with E-state index in [2.05, 4.69) is 0 Å². The summed E-state index contributed by atoms with van der Waals surface area (Å²) in [7, 11) is -3.95. The summed E-state index contributed by atoms with van der Waals surface area (Å²) >= 11 is 0. The first-order valence-corrected chi connectivity index (χ1v) is 8.35. The summed E-state index contributed by atoms with van der Waals surface area (Å²) in [6.45, 7) is 1.35. The van der Waals surface area contributed by atoms with Crippen molar-refractivity contribution < 1.29 is 26.7 Å². The molecule has 124 valence electrons. The number of hydrogen-bond acceptors (Lipinski definition) is 3. The largest absolute Gasteiger partial charge is 0.416 e. The molecule has 23 heavy (non-hydrogen) atoms. The lowest BCUT2D eigenvalue weighted by atomic mass is 9.99. The van der Waals surface area contributed by atoms with Crippen LogP contribution in [0.15, 0.2) is 59.5 Å². The van der Waals surface area contributed by atoms with E-state index in [1.165, 1.54) is 6.92 Å². The van der Waals surface area contributed by atoms with Gasteiger partial charge in [-0.2, -0.15) is 13.2 Å². The second-order valence-corrected chi connectivity index (χ2v) is 7.41. The molecule has 0 saturated carbocycles. The highest BCUT2D eigenvalue weighted by molar-refractivity contribution is 7.91. The van der Waals surface area contributed by atoms with Crippen LogP contribution in [0.3, 0.4) is 0 Å². The minimum absolute atomic E-state index is 0.262. The Morgan fingerprint density at radius 1 is 0.913 bits per heavy atom. The lowest BCUT2D eigenvalue weighted by molar-refractivity contribution is -0.137. The van der Waals surface area contributed by atoms with Crippen LogP contribution in [-0.2, 0) is 21.6 Å². The Balaban J connectivity index is 2.29. The van der Waals surface area contributed by atoms with E-state index in [4.69, 9.17) is 0 Å². The van der Waals surface area contributed by atoms with Crippen LogP contribution < -0.4 is 0 Å². The first kappa shape index (κ1) is 17.5. The third-order valence-electron chi connectivity index (χ3n) is 3.41. The van der Waals surface area contributed by atoms with E-state index in [1.54, 1.807) is 30.3 Å². The van der Waals surface area contributed by atoms with Crippen LogP contribution in [0.1, 0.15) is 18.1 Å². The Kier molecular flexibility index (Phi) is 4.54. The SMILES string of the molecule is CC(O)(CS(=O)(=O)c1ccc(C(F)(F)F)cc1)c1ccccc1. The van der Waals surface area contributed by atoms with Crippen molar-refractivity contribution in [3.8, 4) is 0 Å². The second-order valence-electron chi connectivity index (χ2n) is 5.42. The van der Waals surface area contributed by atoms with E-state index >= 15 is 0 Å². The first-order valence-electron chi connectivity index (χ1n) is 6.70. The molecule has 0 amide bonds. The summed E-state index contributed by atoms with van der Waals surface area (Å²) in [5, 5.41) is 10.4. The molecule has 2 aromatic carbocycles. The molecule has 2 aromatic rings. The molecule has 1 atom stereocenters. The fourth-order valence-corrected chi connectivity index (χ4v) is 3.81. The van der Waals surface area contributed by atoms with E-state index in [0.717, 1.165) is 12.1 Å². The molecule has 3 nitrogen and oxygen atoms in total. The molecule has 0 spiro atoms. The van der Waals surface area contributed by atoms with Crippen molar-refractivity contribution in [2.75, 3.05) is 5.75 Å². The molecule has 2 rings (SSSR count). The predicted octanol–water partition coefficient (Wildman–Crippen LogP) is 3.39. The van der Waals surface area contributed by atoms with Crippen LogP contribution in [0.5, 0.6) is 0 Å². The maximum absolute atomic E-state index is 12.5. The van der Waals surface area contributed by atoms with Gasteiger partial charge in [0, 0.05) is 0 Å². The molecule has 0 aliphatic heterocycles. The third-order valence-corrected chi connectivity index (χ3v) is 5.34. The molecule has 0 radical (unpaired) electrons. The molecular formula is C16H15F3O3S. The monoisotopic (exact) mass is 344 g/mol. The van der Waals surface area contributed by atoms with Gasteiger partial charge in [-0.15, -0.1) is 0 Å². The molecule has 0 bridgehead atoms. The topological polar surface area (TPSA) is 54.4 Å². The quantitative estimate of drug-likeness (QED) is 0.925. The lowest BCUT2D eigenvalue weighted by Crippen LogP contribution is -2.31. The van der Waals surface area contributed by atoms with Crippen LogP contribution in [0.25, 0.3) is 0 Å². The summed E-state index contributed by atoms with van der Waals surface area (Å²) in [5.74, 6) is -0.630. The van der Waals surface area contributed by atoms with Gasteiger partial charge in [-0.1, -0.05) is 30.3 Å². The molecule has 0 aromatic heterocycles. The molecule has 1 unspecified atom stereocenters. The minimum Gasteiger partial charge on any atom is -0.384 e. The van der Waals surface area contributed by atoms with Gasteiger partial charge in [0.25, 0.3) is 0 Å². The van der Waals surface area contributed by atoms with Gasteiger partial charge in [0.05, 0.1) is 16.2 Å². The van der Waals surface area contributed by atoms with Crippen molar-refractivity contribution in [1.29, 1.82) is 0 Å². The third kappa shape index (κ3) is 4.11. The van der Waals surface area contributed by atoms with Crippen molar-refractivity contribution in [1.82, 2.24) is 0 Å². The average Bonchev–Trinajstić information content (AvgIpc) is 2.46. The summed E-state index contributed by atoms with van der Waals surface area (Å²) in [6, 6.07) is 11.4. The lowest BCUT2D eigenvalue weighted by Gasteiger charge is -2.23. The Morgan fingerprint density at radius 2 is 1.43 bits per heavy atom. The van der Waals surface area contributed by atoms with E-state index < -0.39 is 32.9 Å². The Labute approximate surface area is 132 Å². The van der Waals surface area contributed by atoms with E-state index in [-0.39, 0.29) is 4.90 Å². The normalized spacial score (nSPS) is 15.2. The Hall–Kier alpha value is -1.86. The van der Waals surface area contributed by atoms with Crippen LogP contribution >= 0.6 is 0 Å². The highest BCUT2D eigenvalue weighted by atomic mass is 32.2. The van der Waals surface area contributed by atoms with E-state index in [0.29, 0.717) is 17.7 Å². The zero-order chi connectivity index (χ0) is 17.3. The summed E-state index contributed by atoms with van der Waals surface area (Å²) in [5.41, 5.74) is -2.16. The number of aliphatic hydroxyl groups is 1. The van der Waals surface area contributed by atoms with Crippen LogP contribution in [0.4, 0.5) is 13.2 Å². The highest BCUT2D eigenvalue weighted by Gasteiger charge is 2.33. The molecule has 0 aliphatic carbocycles. The van der Waals surface area contributed by atoms with Crippen molar-refractivity contribution in [3.05, 3.63) is 65.7 Å². The average molecular weight is 344 g/mol. The van der Waals surface area contributed by atoms with Crippen LogP contribution in [0.2, 0.25) is 0 Å². The Bertz CT molecular complexity index is 764.